The number of nitrogens with zero attached hydrogens (tertiary/aromatic N) is 1. The van der Waals surface area contributed by atoms with Gasteiger partial charge in [-0.3, -0.25) is 0 Å². The van der Waals surface area contributed by atoms with Gasteiger partial charge in [0.2, 0.25) is 0 Å². The number of aliphatic hydroxyl groups is 1. The molecule has 4 nitrogen and oxygen atoms in total. The maximum absolute atomic E-state index is 10.5. The average molecular weight is 258 g/mol. The van der Waals surface area contributed by atoms with E-state index in [2.05, 4.69) is 4.98 Å². The van der Waals surface area contributed by atoms with E-state index >= 15 is 0 Å². The van der Waals surface area contributed by atoms with Crippen LogP contribution >= 0.6 is 0 Å². The summed E-state index contributed by atoms with van der Waals surface area (Å²) < 4.78 is 5.44. The summed E-state index contributed by atoms with van der Waals surface area (Å²) >= 11 is 0. The SMILES string of the molecule is CCOc1cccc(C(O)c2c(C)ccnc2N)c1. The average Bonchev–Trinajstić information content (AvgIpc) is 2.39. The second-order valence-electron chi connectivity index (χ2n) is 4.33. The molecule has 0 fully saturated rings. The van der Waals surface area contributed by atoms with E-state index in [0.717, 1.165) is 16.9 Å². The lowest BCUT2D eigenvalue weighted by atomic mass is 9.98. The summed E-state index contributed by atoms with van der Waals surface area (Å²) in [6, 6.07) is 9.21. The zero-order chi connectivity index (χ0) is 13.8. The van der Waals surface area contributed by atoms with Gasteiger partial charge in [0.1, 0.15) is 17.7 Å². The number of aliphatic hydroxyl groups excluding tert-OH is 1. The van der Waals surface area contributed by atoms with Crippen molar-refractivity contribution in [1.82, 2.24) is 4.98 Å². The Morgan fingerprint density at radius 2 is 2.16 bits per heavy atom. The van der Waals surface area contributed by atoms with E-state index in [-0.39, 0.29) is 0 Å². The summed E-state index contributed by atoms with van der Waals surface area (Å²) in [6.45, 7) is 4.42. The van der Waals surface area contributed by atoms with Crippen molar-refractivity contribution in [3.8, 4) is 5.75 Å². The molecule has 1 aromatic carbocycles. The number of nitrogen functional groups attached to an aromatic ring is 1. The Bertz CT molecular complexity index is 550. The van der Waals surface area contributed by atoms with E-state index in [9.17, 15) is 5.11 Å². The largest absolute Gasteiger partial charge is 0.494 e. The van der Waals surface area contributed by atoms with Crippen LogP contribution in [0.4, 0.5) is 5.82 Å². The molecule has 1 heterocycles. The predicted octanol–water partition coefficient (Wildman–Crippen LogP) is 2.45. The van der Waals surface area contributed by atoms with Crippen LogP contribution in [-0.2, 0) is 0 Å². The second kappa shape index (κ2) is 5.71. The molecule has 0 saturated carbocycles. The van der Waals surface area contributed by atoms with E-state index in [1.807, 2.05) is 44.2 Å². The number of rotatable bonds is 4. The van der Waals surface area contributed by atoms with Gasteiger partial charge in [0.15, 0.2) is 0 Å². The molecule has 0 radical (unpaired) electrons. The highest BCUT2D eigenvalue weighted by Crippen LogP contribution is 2.29. The van der Waals surface area contributed by atoms with Crippen LogP contribution in [0.25, 0.3) is 0 Å². The molecular formula is C15H18N2O2. The third kappa shape index (κ3) is 2.85. The highest BCUT2D eigenvalue weighted by atomic mass is 16.5. The van der Waals surface area contributed by atoms with Crippen LogP contribution in [0.2, 0.25) is 0 Å². The maximum atomic E-state index is 10.5. The molecule has 0 aliphatic rings. The summed E-state index contributed by atoms with van der Waals surface area (Å²) in [7, 11) is 0. The van der Waals surface area contributed by atoms with Gasteiger partial charge in [-0.2, -0.15) is 0 Å². The number of pyridine rings is 1. The van der Waals surface area contributed by atoms with E-state index < -0.39 is 6.10 Å². The summed E-state index contributed by atoms with van der Waals surface area (Å²) in [5.41, 5.74) is 8.17. The molecule has 100 valence electrons. The first kappa shape index (κ1) is 13.4. The Hall–Kier alpha value is -2.07. The summed E-state index contributed by atoms with van der Waals surface area (Å²) in [5, 5.41) is 10.5. The number of benzene rings is 1. The molecule has 3 N–H and O–H groups in total. The summed E-state index contributed by atoms with van der Waals surface area (Å²) in [5.74, 6) is 1.09. The zero-order valence-electron chi connectivity index (χ0n) is 11.1. The van der Waals surface area contributed by atoms with Gasteiger partial charge in [-0.15, -0.1) is 0 Å². The monoisotopic (exact) mass is 258 g/mol. The first-order chi connectivity index (χ1) is 9.13. The third-order valence-electron chi connectivity index (χ3n) is 3.00. The van der Waals surface area contributed by atoms with Gasteiger partial charge in [0.25, 0.3) is 0 Å². The molecule has 0 aliphatic carbocycles. The molecule has 19 heavy (non-hydrogen) atoms. The van der Waals surface area contributed by atoms with E-state index in [1.165, 1.54) is 0 Å². The highest BCUT2D eigenvalue weighted by molar-refractivity contribution is 5.49. The van der Waals surface area contributed by atoms with Crippen molar-refractivity contribution in [3.05, 3.63) is 53.2 Å². The lowest BCUT2D eigenvalue weighted by Gasteiger charge is -2.16. The van der Waals surface area contributed by atoms with Crippen molar-refractivity contribution in [2.45, 2.75) is 20.0 Å². The fourth-order valence-electron chi connectivity index (χ4n) is 2.05. The lowest BCUT2D eigenvalue weighted by Crippen LogP contribution is -2.08. The third-order valence-corrected chi connectivity index (χ3v) is 3.00. The molecule has 0 saturated heterocycles. The van der Waals surface area contributed by atoms with Gasteiger partial charge in [0, 0.05) is 11.8 Å². The van der Waals surface area contributed by atoms with Crippen molar-refractivity contribution < 1.29 is 9.84 Å². The Balaban J connectivity index is 2.38. The molecule has 1 aromatic heterocycles. The minimum absolute atomic E-state index is 0.356. The lowest BCUT2D eigenvalue weighted by molar-refractivity contribution is 0.219. The number of aryl methyl sites for hydroxylation is 1. The first-order valence-electron chi connectivity index (χ1n) is 6.25. The van der Waals surface area contributed by atoms with Crippen LogP contribution in [0.1, 0.15) is 29.7 Å². The van der Waals surface area contributed by atoms with Gasteiger partial charge in [-0.05, 0) is 43.2 Å². The molecule has 1 atom stereocenters. The number of nitrogens with two attached hydrogens (primary N) is 1. The zero-order valence-corrected chi connectivity index (χ0v) is 11.1. The van der Waals surface area contributed by atoms with E-state index in [4.69, 9.17) is 10.5 Å². The standard InChI is InChI=1S/C15H18N2O2/c1-3-19-12-6-4-5-11(9-12)14(18)13-10(2)7-8-17-15(13)16/h4-9,14,18H,3H2,1-2H3,(H2,16,17). The van der Waals surface area contributed by atoms with Crippen LogP contribution in [0, 0.1) is 6.92 Å². The Labute approximate surface area is 112 Å². The van der Waals surface area contributed by atoms with Gasteiger partial charge in [0.05, 0.1) is 6.61 Å². The van der Waals surface area contributed by atoms with E-state index in [0.29, 0.717) is 18.0 Å². The Morgan fingerprint density at radius 1 is 1.37 bits per heavy atom. The van der Waals surface area contributed by atoms with Crippen molar-refractivity contribution in [3.63, 3.8) is 0 Å². The molecule has 0 bridgehead atoms. The van der Waals surface area contributed by atoms with Gasteiger partial charge in [-0.1, -0.05) is 12.1 Å². The molecule has 0 spiro atoms. The molecule has 0 amide bonds. The minimum atomic E-state index is -0.797. The molecular weight excluding hydrogens is 240 g/mol. The fraction of sp³-hybridized carbons (Fsp3) is 0.267. The predicted molar refractivity (Wildman–Crippen MR) is 75.1 cm³/mol. The van der Waals surface area contributed by atoms with Crippen molar-refractivity contribution in [1.29, 1.82) is 0 Å². The molecule has 4 heteroatoms. The van der Waals surface area contributed by atoms with Crippen LogP contribution in [0.3, 0.4) is 0 Å². The topological polar surface area (TPSA) is 68.4 Å². The van der Waals surface area contributed by atoms with Crippen molar-refractivity contribution >= 4 is 5.82 Å². The van der Waals surface area contributed by atoms with Gasteiger partial charge in [-0.25, -0.2) is 4.98 Å². The van der Waals surface area contributed by atoms with Gasteiger partial charge >= 0.3 is 0 Å². The van der Waals surface area contributed by atoms with Gasteiger partial charge < -0.3 is 15.6 Å². The second-order valence-corrected chi connectivity index (χ2v) is 4.33. The van der Waals surface area contributed by atoms with Crippen molar-refractivity contribution in [2.24, 2.45) is 0 Å². The summed E-state index contributed by atoms with van der Waals surface area (Å²) in [6.07, 6.45) is 0.839. The Morgan fingerprint density at radius 3 is 2.84 bits per heavy atom. The normalized spacial score (nSPS) is 12.2. The summed E-state index contributed by atoms with van der Waals surface area (Å²) in [4.78, 5) is 4.03. The smallest absolute Gasteiger partial charge is 0.129 e. The number of aromatic nitrogens is 1. The number of hydrogen-bond acceptors (Lipinski definition) is 4. The quantitative estimate of drug-likeness (QED) is 0.884. The highest BCUT2D eigenvalue weighted by Gasteiger charge is 2.17. The number of ether oxygens (including phenoxy) is 1. The molecule has 0 aliphatic heterocycles. The number of anilines is 1. The number of hydrogen-bond donors (Lipinski definition) is 2. The van der Waals surface area contributed by atoms with Crippen LogP contribution < -0.4 is 10.5 Å². The van der Waals surface area contributed by atoms with Crippen LogP contribution in [0.15, 0.2) is 36.5 Å². The fourth-order valence-corrected chi connectivity index (χ4v) is 2.05. The molecule has 1 unspecified atom stereocenters. The minimum Gasteiger partial charge on any atom is -0.494 e. The maximum Gasteiger partial charge on any atom is 0.129 e. The Kier molecular flexibility index (Phi) is 4.02. The van der Waals surface area contributed by atoms with Crippen LogP contribution in [0.5, 0.6) is 5.75 Å². The molecule has 2 rings (SSSR count). The van der Waals surface area contributed by atoms with Crippen LogP contribution in [-0.4, -0.2) is 16.7 Å². The first-order valence-corrected chi connectivity index (χ1v) is 6.25. The van der Waals surface area contributed by atoms with Crippen molar-refractivity contribution in [2.75, 3.05) is 12.3 Å². The molecule has 2 aromatic rings. The van der Waals surface area contributed by atoms with E-state index in [1.54, 1.807) is 6.20 Å².